The Morgan fingerprint density at radius 2 is 2.06 bits per heavy atom. The number of carbonyl (C=O) groups is 2. The summed E-state index contributed by atoms with van der Waals surface area (Å²) in [4.78, 5) is 26.7. The van der Waals surface area contributed by atoms with Crippen molar-refractivity contribution in [2.45, 2.75) is 17.5 Å². The standard InChI is InChI=1S/C22H24ClFN2O4S/c1-29-22(28)16-3-5-18(6-4-16)31-14-21(27)25-11-17-13-26(8-9-30-17)12-15-2-7-20(24)19(23)10-15/h2-7,10,17H,8-9,11-14H2,1H3,(H,25,27)/t17-/m0/s1. The van der Waals surface area contributed by atoms with E-state index in [1.807, 2.05) is 0 Å². The lowest BCUT2D eigenvalue weighted by Gasteiger charge is -2.33. The van der Waals surface area contributed by atoms with Gasteiger partial charge in [0.25, 0.3) is 0 Å². The minimum absolute atomic E-state index is 0.0897. The highest BCUT2D eigenvalue weighted by Crippen LogP contribution is 2.19. The minimum Gasteiger partial charge on any atom is -0.465 e. The Balaban J connectivity index is 1.40. The molecule has 0 aliphatic carbocycles. The number of hydrogen-bond acceptors (Lipinski definition) is 6. The Labute approximate surface area is 190 Å². The molecule has 1 atom stereocenters. The van der Waals surface area contributed by atoms with Gasteiger partial charge in [-0.3, -0.25) is 9.69 Å². The first-order chi connectivity index (χ1) is 14.9. The Hall–Kier alpha value is -2.13. The zero-order valence-corrected chi connectivity index (χ0v) is 18.7. The number of methoxy groups -OCH3 is 1. The molecule has 0 aromatic heterocycles. The van der Waals surface area contributed by atoms with E-state index < -0.39 is 11.8 Å². The average molecular weight is 467 g/mol. The van der Waals surface area contributed by atoms with Crippen molar-refractivity contribution in [3.63, 3.8) is 0 Å². The number of morpholine rings is 1. The number of esters is 1. The van der Waals surface area contributed by atoms with Gasteiger partial charge in [-0.25, -0.2) is 9.18 Å². The zero-order valence-electron chi connectivity index (χ0n) is 17.1. The number of rotatable bonds is 8. The van der Waals surface area contributed by atoms with Crippen molar-refractivity contribution in [2.24, 2.45) is 0 Å². The molecule has 0 radical (unpaired) electrons. The van der Waals surface area contributed by atoms with Gasteiger partial charge in [-0.2, -0.15) is 0 Å². The van der Waals surface area contributed by atoms with E-state index in [-0.39, 0.29) is 22.8 Å². The highest BCUT2D eigenvalue weighted by molar-refractivity contribution is 8.00. The van der Waals surface area contributed by atoms with Crippen molar-refractivity contribution in [3.8, 4) is 0 Å². The lowest BCUT2D eigenvalue weighted by Crippen LogP contribution is -2.47. The Bertz CT molecular complexity index is 913. The van der Waals surface area contributed by atoms with E-state index in [9.17, 15) is 14.0 Å². The molecule has 3 rings (SSSR count). The molecule has 166 valence electrons. The number of nitrogens with zero attached hydrogens (tertiary/aromatic N) is 1. The summed E-state index contributed by atoms with van der Waals surface area (Å²) in [7, 11) is 1.34. The molecule has 6 nitrogen and oxygen atoms in total. The van der Waals surface area contributed by atoms with Gasteiger partial charge in [0.2, 0.25) is 5.91 Å². The number of hydrogen-bond donors (Lipinski definition) is 1. The molecule has 0 unspecified atom stereocenters. The average Bonchev–Trinajstić information content (AvgIpc) is 2.79. The molecule has 9 heteroatoms. The van der Waals surface area contributed by atoms with Crippen molar-refractivity contribution < 1.29 is 23.5 Å². The largest absolute Gasteiger partial charge is 0.465 e. The highest BCUT2D eigenvalue weighted by atomic mass is 35.5. The van der Waals surface area contributed by atoms with E-state index in [4.69, 9.17) is 16.3 Å². The third-order valence-corrected chi connectivity index (χ3v) is 6.09. The molecule has 1 fully saturated rings. The molecule has 1 aliphatic heterocycles. The molecule has 0 saturated carbocycles. The summed E-state index contributed by atoms with van der Waals surface area (Å²) in [5, 5.41) is 3.02. The summed E-state index contributed by atoms with van der Waals surface area (Å²) in [6.07, 6.45) is -0.113. The second kappa shape index (κ2) is 11.5. The van der Waals surface area contributed by atoms with Crippen molar-refractivity contribution in [1.82, 2.24) is 10.2 Å². The number of benzene rings is 2. The normalized spacial score (nSPS) is 16.7. The summed E-state index contributed by atoms with van der Waals surface area (Å²) >= 11 is 7.25. The monoisotopic (exact) mass is 466 g/mol. The first-order valence-electron chi connectivity index (χ1n) is 9.80. The first kappa shape index (κ1) is 23.5. The van der Waals surface area contributed by atoms with Crippen molar-refractivity contribution in [1.29, 1.82) is 0 Å². The lowest BCUT2D eigenvalue weighted by atomic mass is 10.2. The Kier molecular flexibility index (Phi) is 8.71. The fourth-order valence-corrected chi connectivity index (χ4v) is 4.11. The summed E-state index contributed by atoms with van der Waals surface area (Å²) in [5.41, 5.74) is 1.41. The summed E-state index contributed by atoms with van der Waals surface area (Å²) in [6, 6.07) is 11.6. The van der Waals surface area contributed by atoms with Crippen LogP contribution in [-0.4, -0.2) is 62.0 Å². The molecule has 1 saturated heterocycles. The topological polar surface area (TPSA) is 67.9 Å². The Morgan fingerprint density at radius 3 is 2.77 bits per heavy atom. The van der Waals surface area contributed by atoms with Crippen molar-refractivity contribution in [2.75, 3.05) is 39.1 Å². The molecule has 1 heterocycles. The molecule has 1 amide bonds. The van der Waals surface area contributed by atoms with Gasteiger partial charge < -0.3 is 14.8 Å². The van der Waals surface area contributed by atoms with Gasteiger partial charge in [0, 0.05) is 31.1 Å². The molecule has 1 N–H and O–H groups in total. The fraction of sp³-hybridized carbons (Fsp3) is 0.364. The summed E-state index contributed by atoms with van der Waals surface area (Å²) in [6.45, 7) is 3.05. The smallest absolute Gasteiger partial charge is 0.337 e. The van der Waals surface area contributed by atoms with Crippen LogP contribution in [0.1, 0.15) is 15.9 Å². The van der Waals surface area contributed by atoms with Crippen molar-refractivity contribution in [3.05, 3.63) is 64.4 Å². The minimum atomic E-state index is -0.426. The maximum atomic E-state index is 13.3. The van der Waals surface area contributed by atoms with E-state index >= 15 is 0 Å². The van der Waals surface area contributed by atoms with Gasteiger partial charge >= 0.3 is 5.97 Å². The highest BCUT2D eigenvalue weighted by Gasteiger charge is 2.21. The molecule has 1 aliphatic rings. The van der Waals surface area contributed by atoms with Crippen LogP contribution in [0.2, 0.25) is 5.02 Å². The van der Waals surface area contributed by atoms with Crippen LogP contribution in [0, 0.1) is 5.82 Å². The van der Waals surface area contributed by atoms with Crippen LogP contribution < -0.4 is 5.32 Å². The Morgan fingerprint density at radius 1 is 1.29 bits per heavy atom. The number of ether oxygens (including phenoxy) is 2. The van der Waals surface area contributed by atoms with Gasteiger partial charge in [-0.15, -0.1) is 11.8 Å². The lowest BCUT2D eigenvalue weighted by molar-refractivity contribution is -0.119. The third-order valence-electron chi connectivity index (χ3n) is 4.79. The van der Waals surface area contributed by atoms with Gasteiger partial charge in [-0.1, -0.05) is 17.7 Å². The molecule has 0 bridgehead atoms. The van der Waals surface area contributed by atoms with Crippen LogP contribution in [0.5, 0.6) is 0 Å². The SMILES string of the molecule is COC(=O)c1ccc(SCC(=O)NC[C@H]2CN(Cc3ccc(F)c(Cl)c3)CCO2)cc1. The number of halogens is 2. The van der Waals surface area contributed by atoms with Crippen LogP contribution >= 0.6 is 23.4 Å². The number of thioether (sulfide) groups is 1. The van der Waals surface area contributed by atoms with Crippen LogP contribution in [0.4, 0.5) is 4.39 Å². The maximum Gasteiger partial charge on any atom is 0.337 e. The van der Waals surface area contributed by atoms with E-state index in [1.165, 1.54) is 24.9 Å². The first-order valence-corrected chi connectivity index (χ1v) is 11.2. The van der Waals surface area contributed by atoms with Gasteiger partial charge in [0.1, 0.15) is 5.82 Å². The molecule has 2 aromatic carbocycles. The molecular weight excluding hydrogens is 443 g/mol. The van der Waals surface area contributed by atoms with Gasteiger partial charge in [-0.05, 0) is 42.0 Å². The zero-order chi connectivity index (χ0) is 22.2. The van der Waals surface area contributed by atoms with E-state index in [2.05, 4.69) is 15.0 Å². The number of amides is 1. The number of carbonyl (C=O) groups excluding carboxylic acids is 2. The van der Waals surface area contributed by atoms with Crippen molar-refractivity contribution >= 4 is 35.2 Å². The van der Waals surface area contributed by atoms with Gasteiger partial charge in [0.15, 0.2) is 0 Å². The van der Waals surface area contributed by atoms with E-state index in [1.54, 1.807) is 36.4 Å². The van der Waals surface area contributed by atoms with Crippen LogP contribution in [-0.2, 0) is 20.8 Å². The molecule has 2 aromatic rings. The van der Waals surface area contributed by atoms with E-state index in [0.717, 1.165) is 17.0 Å². The molecular formula is C22H24ClFN2O4S. The predicted molar refractivity (Wildman–Crippen MR) is 118 cm³/mol. The van der Waals surface area contributed by atoms with Crippen LogP contribution in [0.3, 0.4) is 0 Å². The maximum absolute atomic E-state index is 13.3. The quantitative estimate of drug-likeness (QED) is 0.475. The fourth-order valence-electron chi connectivity index (χ4n) is 3.18. The summed E-state index contributed by atoms with van der Waals surface area (Å²) < 4.78 is 23.7. The number of nitrogens with one attached hydrogen (secondary N) is 1. The molecule has 0 spiro atoms. The second-order valence-electron chi connectivity index (χ2n) is 7.09. The van der Waals surface area contributed by atoms with E-state index in [0.29, 0.717) is 31.8 Å². The molecule has 31 heavy (non-hydrogen) atoms. The van der Waals surface area contributed by atoms with Crippen LogP contribution in [0.15, 0.2) is 47.4 Å². The van der Waals surface area contributed by atoms with Crippen LogP contribution in [0.25, 0.3) is 0 Å². The predicted octanol–water partition coefficient (Wildman–Crippen LogP) is 3.38. The second-order valence-corrected chi connectivity index (χ2v) is 8.54. The summed E-state index contributed by atoms with van der Waals surface area (Å²) in [5.74, 6) is -0.640. The van der Waals surface area contributed by atoms with Gasteiger partial charge in [0.05, 0.1) is 36.2 Å². The third kappa shape index (κ3) is 7.21.